The van der Waals surface area contributed by atoms with Crippen molar-refractivity contribution in [1.29, 1.82) is 0 Å². The summed E-state index contributed by atoms with van der Waals surface area (Å²) in [6, 6.07) is 5.43. The molecule has 2 rings (SSSR count). The van der Waals surface area contributed by atoms with Gasteiger partial charge in [0.05, 0.1) is 12.2 Å². The lowest BCUT2D eigenvalue weighted by atomic mass is 10.2. The zero-order chi connectivity index (χ0) is 13.8. The first-order chi connectivity index (χ1) is 9.08. The third kappa shape index (κ3) is 3.54. The lowest BCUT2D eigenvalue weighted by molar-refractivity contribution is 0.0694. The molecule has 2 aromatic rings. The maximum absolute atomic E-state index is 11.0. The third-order valence-corrected chi connectivity index (χ3v) is 3.53. The Balaban J connectivity index is 2.17. The number of aromatic carboxylic acids is 1. The van der Waals surface area contributed by atoms with Crippen LogP contribution >= 0.6 is 34.2 Å². The average molecular weight is 390 g/mol. The first-order valence-electron chi connectivity index (χ1n) is 5.29. The second-order valence-electron chi connectivity index (χ2n) is 3.67. The monoisotopic (exact) mass is 389 g/mol. The van der Waals surface area contributed by atoms with Crippen LogP contribution in [-0.4, -0.2) is 21.0 Å². The van der Waals surface area contributed by atoms with Crippen LogP contribution in [-0.2, 0) is 6.54 Å². The van der Waals surface area contributed by atoms with Crippen molar-refractivity contribution in [2.45, 2.75) is 6.54 Å². The zero-order valence-electron chi connectivity index (χ0n) is 9.60. The number of nitrogens with zero attached hydrogens (tertiary/aromatic N) is 2. The summed E-state index contributed by atoms with van der Waals surface area (Å²) >= 11 is 8.02. The van der Waals surface area contributed by atoms with E-state index < -0.39 is 5.97 Å². The smallest absolute Gasteiger partial charge is 0.339 e. The normalized spacial score (nSPS) is 10.2. The van der Waals surface area contributed by atoms with Crippen molar-refractivity contribution < 1.29 is 9.90 Å². The van der Waals surface area contributed by atoms with Crippen molar-refractivity contribution in [3.8, 4) is 0 Å². The van der Waals surface area contributed by atoms with Crippen molar-refractivity contribution in [2.24, 2.45) is 0 Å². The number of anilines is 1. The Bertz CT molecular complexity index is 622. The van der Waals surface area contributed by atoms with Crippen molar-refractivity contribution in [2.75, 3.05) is 5.32 Å². The molecule has 19 heavy (non-hydrogen) atoms. The fourth-order valence-corrected chi connectivity index (χ4v) is 2.55. The van der Waals surface area contributed by atoms with E-state index in [1.807, 2.05) is 12.1 Å². The molecule has 1 aromatic heterocycles. The highest BCUT2D eigenvalue weighted by molar-refractivity contribution is 14.1. The van der Waals surface area contributed by atoms with Gasteiger partial charge in [0.15, 0.2) is 0 Å². The minimum Gasteiger partial charge on any atom is -0.478 e. The largest absolute Gasteiger partial charge is 0.478 e. The summed E-state index contributed by atoms with van der Waals surface area (Å²) in [5.41, 5.74) is 1.41. The van der Waals surface area contributed by atoms with E-state index in [4.69, 9.17) is 16.7 Å². The van der Waals surface area contributed by atoms with Gasteiger partial charge in [-0.1, -0.05) is 11.6 Å². The van der Waals surface area contributed by atoms with Crippen molar-refractivity contribution in [1.82, 2.24) is 9.97 Å². The minimum absolute atomic E-state index is 0.0963. The van der Waals surface area contributed by atoms with Crippen LogP contribution in [0.5, 0.6) is 0 Å². The van der Waals surface area contributed by atoms with E-state index in [9.17, 15) is 4.79 Å². The van der Waals surface area contributed by atoms with Crippen LogP contribution in [0.3, 0.4) is 0 Å². The summed E-state index contributed by atoms with van der Waals surface area (Å²) in [5.74, 6) is -1.04. The highest BCUT2D eigenvalue weighted by atomic mass is 127. The number of carboxylic acid groups (broad SMARTS) is 1. The number of rotatable bonds is 4. The number of carbonyl (C=O) groups is 1. The molecule has 0 amide bonds. The predicted molar refractivity (Wildman–Crippen MR) is 80.5 cm³/mol. The molecule has 2 N–H and O–H groups in total. The summed E-state index contributed by atoms with van der Waals surface area (Å²) < 4.78 is 0.955. The van der Waals surface area contributed by atoms with E-state index in [1.165, 1.54) is 12.5 Å². The van der Waals surface area contributed by atoms with Gasteiger partial charge in [0.2, 0.25) is 0 Å². The van der Waals surface area contributed by atoms with Crippen LogP contribution in [0.2, 0.25) is 5.02 Å². The molecule has 0 unspecified atom stereocenters. The quantitative estimate of drug-likeness (QED) is 0.786. The molecule has 0 aliphatic carbocycles. The second-order valence-corrected chi connectivity index (χ2v) is 5.26. The van der Waals surface area contributed by atoms with Gasteiger partial charge in [-0.2, -0.15) is 0 Å². The highest BCUT2D eigenvalue weighted by Crippen LogP contribution is 2.22. The first kappa shape index (κ1) is 14.0. The standard InChI is InChI=1S/C12H9ClIN3O2/c13-7-1-2-10(9(14)3-7)16-5-11-8(12(18)19)4-15-6-17-11/h1-4,6,16H,5H2,(H,18,19). The summed E-state index contributed by atoms with van der Waals surface area (Å²) in [6.07, 6.45) is 2.62. The fraction of sp³-hybridized carbons (Fsp3) is 0.0833. The Kier molecular flexibility index (Phi) is 4.54. The lowest BCUT2D eigenvalue weighted by Gasteiger charge is -2.09. The van der Waals surface area contributed by atoms with Crippen LogP contribution in [0.4, 0.5) is 5.69 Å². The van der Waals surface area contributed by atoms with Gasteiger partial charge in [-0.15, -0.1) is 0 Å². The second kappa shape index (κ2) is 6.16. The van der Waals surface area contributed by atoms with Gasteiger partial charge in [-0.3, -0.25) is 0 Å². The molecule has 5 nitrogen and oxygen atoms in total. The predicted octanol–water partition coefficient (Wildman–Crippen LogP) is 3.04. The fourth-order valence-electron chi connectivity index (χ4n) is 1.49. The number of halogens is 2. The molecular weight excluding hydrogens is 381 g/mol. The molecule has 98 valence electrons. The first-order valence-corrected chi connectivity index (χ1v) is 6.74. The molecular formula is C12H9ClIN3O2. The van der Waals surface area contributed by atoms with E-state index in [-0.39, 0.29) is 5.56 Å². The number of carboxylic acids is 1. The van der Waals surface area contributed by atoms with Crippen molar-refractivity contribution >= 4 is 45.8 Å². The van der Waals surface area contributed by atoms with Gasteiger partial charge in [-0.25, -0.2) is 14.8 Å². The Morgan fingerprint density at radius 1 is 1.47 bits per heavy atom. The lowest BCUT2D eigenvalue weighted by Crippen LogP contribution is -2.10. The number of benzene rings is 1. The van der Waals surface area contributed by atoms with E-state index in [0.717, 1.165) is 9.26 Å². The molecule has 0 fully saturated rings. The zero-order valence-corrected chi connectivity index (χ0v) is 12.5. The minimum atomic E-state index is -1.04. The Morgan fingerprint density at radius 2 is 2.26 bits per heavy atom. The molecule has 0 radical (unpaired) electrons. The molecule has 0 aliphatic heterocycles. The van der Waals surface area contributed by atoms with Crippen molar-refractivity contribution in [3.05, 3.63) is 50.6 Å². The van der Waals surface area contributed by atoms with E-state index in [2.05, 4.69) is 37.9 Å². The maximum atomic E-state index is 11.0. The number of aromatic nitrogens is 2. The molecule has 0 spiro atoms. The third-order valence-electron chi connectivity index (χ3n) is 2.40. The Morgan fingerprint density at radius 3 is 2.95 bits per heavy atom. The summed E-state index contributed by atoms with van der Waals surface area (Å²) in [7, 11) is 0. The van der Waals surface area contributed by atoms with Gasteiger partial charge in [0.1, 0.15) is 11.9 Å². The summed E-state index contributed by atoms with van der Waals surface area (Å²) in [6.45, 7) is 0.307. The number of nitrogens with one attached hydrogen (secondary N) is 1. The van der Waals surface area contributed by atoms with E-state index in [1.54, 1.807) is 6.07 Å². The summed E-state index contributed by atoms with van der Waals surface area (Å²) in [5, 5.41) is 12.8. The van der Waals surface area contributed by atoms with Gasteiger partial charge in [-0.05, 0) is 40.8 Å². The topological polar surface area (TPSA) is 75.1 Å². The van der Waals surface area contributed by atoms with Gasteiger partial charge >= 0.3 is 5.97 Å². The number of hydrogen-bond acceptors (Lipinski definition) is 4. The van der Waals surface area contributed by atoms with Crippen LogP contribution in [0.15, 0.2) is 30.7 Å². The molecule has 0 atom stereocenters. The summed E-state index contributed by atoms with van der Waals surface area (Å²) in [4.78, 5) is 18.7. The van der Waals surface area contributed by atoms with Crippen LogP contribution in [0, 0.1) is 3.57 Å². The van der Waals surface area contributed by atoms with Crippen LogP contribution < -0.4 is 5.32 Å². The van der Waals surface area contributed by atoms with E-state index in [0.29, 0.717) is 17.3 Å². The molecule has 0 bridgehead atoms. The number of hydrogen-bond donors (Lipinski definition) is 2. The maximum Gasteiger partial charge on any atom is 0.339 e. The molecule has 0 saturated heterocycles. The molecule has 7 heteroatoms. The Hall–Kier alpha value is -1.41. The molecule has 1 aromatic carbocycles. The van der Waals surface area contributed by atoms with Crippen LogP contribution in [0.25, 0.3) is 0 Å². The average Bonchev–Trinajstić information content (AvgIpc) is 2.38. The van der Waals surface area contributed by atoms with Gasteiger partial charge < -0.3 is 10.4 Å². The highest BCUT2D eigenvalue weighted by Gasteiger charge is 2.11. The SMILES string of the molecule is O=C(O)c1cncnc1CNc1ccc(Cl)cc1I. The van der Waals surface area contributed by atoms with Crippen LogP contribution in [0.1, 0.15) is 16.1 Å². The van der Waals surface area contributed by atoms with E-state index >= 15 is 0 Å². The van der Waals surface area contributed by atoms with Gasteiger partial charge in [0, 0.05) is 20.5 Å². The van der Waals surface area contributed by atoms with Gasteiger partial charge in [0.25, 0.3) is 0 Å². The Labute approximate surface area is 128 Å². The molecule has 1 heterocycles. The van der Waals surface area contributed by atoms with Crippen molar-refractivity contribution in [3.63, 3.8) is 0 Å². The molecule has 0 saturated carbocycles. The molecule has 0 aliphatic rings.